The SMILES string of the molecule is COc1ccc(CN(c2ncns2)S(=O)(=O)c2cc(F)c(O[C@@H]3CN(C(=O)OC(C)(C)C)CC[C@H]3c3ccc(F)cc3)cc2F)c(OC)c1. The van der Waals surface area contributed by atoms with Crippen molar-refractivity contribution >= 4 is 32.8 Å². The lowest BCUT2D eigenvalue weighted by Crippen LogP contribution is -2.49. The highest BCUT2D eigenvalue weighted by molar-refractivity contribution is 7.93. The Hall–Kier alpha value is -4.57. The molecule has 1 aliphatic heterocycles. The zero-order valence-corrected chi connectivity index (χ0v) is 29.0. The maximum absolute atomic E-state index is 15.9. The van der Waals surface area contributed by atoms with E-state index in [1.54, 1.807) is 51.1 Å². The molecule has 0 radical (unpaired) electrons. The van der Waals surface area contributed by atoms with Crippen molar-refractivity contribution in [1.82, 2.24) is 14.3 Å². The van der Waals surface area contributed by atoms with Crippen LogP contribution < -0.4 is 18.5 Å². The number of halogens is 3. The van der Waals surface area contributed by atoms with Gasteiger partial charge in [-0.2, -0.15) is 4.37 Å². The summed E-state index contributed by atoms with van der Waals surface area (Å²) in [4.78, 5) is 17.4. The Morgan fingerprint density at radius 3 is 2.37 bits per heavy atom. The molecule has 11 nitrogen and oxygen atoms in total. The third kappa shape index (κ3) is 8.19. The molecule has 1 fully saturated rings. The molecule has 4 aromatic rings. The van der Waals surface area contributed by atoms with Crippen LogP contribution in [0.2, 0.25) is 0 Å². The van der Waals surface area contributed by atoms with Crippen molar-refractivity contribution in [3.8, 4) is 17.2 Å². The number of carbonyl (C=O) groups excluding carboxylic acids is 1. The Kier molecular flexibility index (Phi) is 10.6. The lowest BCUT2D eigenvalue weighted by molar-refractivity contribution is 0.00280. The van der Waals surface area contributed by atoms with E-state index in [0.29, 0.717) is 41.2 Å². The molecule has 1 amide bonds. The Labute approximate surface area is 286 Å². The Balaban J connectivity index is 1.47. The molecule has 0 N–H and O–H groups in total. The van der Waals surface area contributed by atoms with Gasteiger partial charge in [-0.1, -0.05) is 12.1 Å². The molecule has 1 aromatic heterocycles. The summed E-state index contributed by atoms with van der Waals surface area (Å²) in [6.45, 7) is 5.01. The number of amides is 1. The molecular formula is C33H35F3N4O7S2. The number of hydrogen-bond acceptors (Lipinski definition) is 10. The molecule has 0 bridgehead atoms. The zero-order chi connectivity index (χ0) is 35.5. The van der Waals surface area contributed by atoms with E-state index >= 15 is 8.78 Å². The summed E-state index contributed by atoms with van der Waals surface area (Å²) in [5.41, 5.74) is 0.275. The summed E-state index contributed by atoms with van der Waals surface area (Å²) >= 11 is 0.747. The number of methoxy groups -OCH3 is 2. The van der Waals surface area contributed by atoms with Crippen LogP contribution in [0.15, 0.2) is 65.8 Å². The predicted octanol–water partition coefficient (Wildman–Crippen LogP) is 6.54. The van der Waals surface area contributed by atoms with Crippen molar-refractivity contribution < 1.29 is 45.3 Å². The molecule has 262 valence electrons. The van der Waals surface area contributed by atoms with E-state index in [4.69, 9.17) is 18.9 Å². The molecule has 16 heteroatoms. The maximum atomic E-state index is 15.9. The fourth-order valence-electron chi connectivity index (χ4n) is 5.37. The molecule has 2 heterocycles. The van der Waals surface area contributed by atoms with E-state index in [-0.39, 0.29) is 24.8 Å². The third-order valence-corrected chi connectivity index (χ3v) is 10.3. The number of rotatable bonds is 10. The first kappa shape index (κ1) is 35.7. The molecular weight excluding hydrogens is 686 g/mol. The van der Waals surface area contributed by atoms with Gasteiger partial charge in [-0.05, 0) is 57.0 Å². The molecule has 0 aliphatic carbocycles. The van der Waals surface area contributed by atoms with E-state index in [2.05, 4.69) is 9.36 Å². The molecule has 2 atom stereocenters. The molecule has 0 saturated carbocycles. The molecule has 3 aromatic carbocycles. The topological polar surface area (TPSA) is 120 Å². The standard InChI is InChI=1S/C33H35F3N4O7S2/c1-33(2,3)47-32(41)39-13-12-24(20-6-9-22(34)10-7-20)29(18-39)46-28-15-26(36)30(16-25(28)35)49(42,43)40(31-37-19-38-48-31)17-21-8-11-23(44-4)14-27(21)45-5/h6-11,14-16,19,24,29H,12-13,17-18H2,1-5H3/t24-,29+/m0/s1. The number of anilines is 1. The number of nitrogens with zero attached hydrogens (tertiary/aromatic N) is 4. The highest BCUT2D eigenvalue weighted by Crippen LogP contribution is 2.37. The molecule has 49 heavy (non-hydrogen) atoms. The zero-order valence-electron chi connectivity index (χ0n) is 27.4. The average Bonchev–Trinajstić information content (AvgIpc) is 3.59. The quantitative estimate of drug-likeness (QED) is 0.180. The summed E-state index contributed by atoms with van der Waals surface area (Å²) in [7, 11) is -1.92. The summed E-state index contributed by atoms with van der Waals surface area (Å²) in [5, 5.41) is -0.0930. The van der Waals surface area contributed by atoms with Gasteiger partial charge in [0.15, 0.2) is 11.6 Å². The maximum Gasteiger partial charge on any atom is 0.410 e. The minimum absolute atomic E-state index is 0.0629. The number of benzene rings is 3. The average molecular weight is 721 g/mol. The van der Waals surface area contributed by atoms with Crippen LogP contribution in [-0.2, 0) is 21.3 Å². The number of ether oxygens (including phenoxy) is 4. The van der Waals surface area contributed by atoms with Crippen LogP contribution in [-0.4, -0.2) is 67.8 Å². The van der Waals surface area contributed by atoms with Crippen LogP contribution in [0, 0.1) is 17.5 Å². The van der Waals surface area contributed by atoms with Crippen molar-refractivity contribution in [2.45, 2.75) is 56.3 Å². The van der Waals surface area contributed by atoms with Gasteiger partial charge in [0.1, 0.15) is 46.1 Å². The van der Waals surface area contributed by atoms with Crippen molar-refractivity contribution in [2.24, 2.45) is 0 Å². The fraction of sp³-hybridized carbons (Fsp3) is 0.364. The molecule has 5 rings (SSSR count). The number of carbonyl (C=O) groups is 1. The first-order chi connectivity index (χ1) is 23.2. The molecule has 1 saturated heterocycles. The van der Waals surface area contributed by atoms with Crippen LogP contribution in [0.5, 0.6) is 17.2 Å². The molecule has 0 unspecified atom stereocenters. The molecule has 1 aliphatic rings. The third-order valence-electron chi connectivity index (χ3n) is 7.71. The first-order valence-electron chi connectivity index (χ1n) is 15.1. The van der Waals surface area contributed by atoms with E-state index < -0.39 is 61.8 Å². The lowest BCUT2D eigenvalue weighted by atomic mass is 9.87. The van der Waals surface area contributed by atoms with E-state index in [9.17, 15) is 17.6 Å². The van der Waals surface area contributed by atoms with Gasteiger partial charge in [-0.3, -0.25) is 0 Å². The fourth-order valence-corrected chi connectivity index (χ4v) is 7.56. The van der Waals surface area contributed by atoms with E-state index in [1.165, 1.54) is 31.3 Å². The van der Waals surface area contributed by atoms with Crippen LogP contribution >= 0.6 is 11.5 Å². The van der Waals surface area contributed by atoms with Gasteiger partial charge in [-0.15, -0.1) is 0 Å². The predicted molar refractivity (Wildman–Crippen MR) is 175 cm³/mol. The Bertz CT molecular complexity index is 1890. The van der Waals surface area contributed by atoms with Gasteiger partial charge >= 0.3 is 6.09 Å². The minimum atomic E-state index is -4.78. The number of aromatic nitrogens is 2. The van der Waals surface area contributed by atoms with Crippen molar-refractivity contribution in [1.29, 1.82) is 0 Å². The van der Waals surface area contributed by atoms with Gasteiger partial charge in [0.05, 0.1) is 27.3 Å². The number of hydrogen-bond donors (Lipinski definition) is 0. The van der Waals surface area contributed by atoms with Crippen LogP contribution in [0.25, 0.3) is 0 Å². The van der Waals surface area contributed by atoms with Crippen LogP contribution in [0.3, 0.4) is 0 Å². The van der Waals surface area contributed by atoms with Crippen LogP contribution in [0.4, 0.5) is 23.1 Å². The van der Waals surface area contributed by atoms with Gasteiger partial charge < -0.3 is 23.8 Å². The normalized spacial score (nSPS) is 16.6. The lowest BCUT2D eigenvalue weighted by Gasteiger charge is -2.39. The van der Waals surface area contributed by atoms with Gasteiger partial charge in [-0.25, -0.2) is 35.7 Å². The minimum Gasteiger partial charge on any atom is -0.497 e. The first-order valence-corrected chi connectivity index (χ1v) is 17.3. The summed E-state index contributed by atoms with van der Waals surface area (Å²) < 4.78 is 100. The van der Waals surface area contributed by atoms with Gasteiger partial charge in [0, 0.05) is 47.8 Å². The van der Waals surface area contributed by atoms with Crippen LogP contribution in [0.1, 0.15) is 44.2 Å². The second kappa shape index (κ2) is 14.5. The van der Waals surface area contributed by atoms with Crippen molar-refractivity contribution in [3.63, 3.8) is 0 Å². The second-order valence-electron chi connectivity index (χ2n) is 12.2. The second-order valence-corrected chi connectivity index (χ2v) is 14.7. The Morgan fingerprint density at radius 2 is 1.73 bits per heavy atom. The van der Waals surface area contributed by atoms with Gasteiger partial charge in [0.2, 0.25) is 5.13 Å². The smallest absolute Gasteiger partial charge is 0.410 e. The van der Waals surface area contributed by atoms with Gasteiger partial charge in [0.25, 0.3) is 10.0 Å². The Morgan fingerprint density at radius 1 is 1.00 bits per heavy atom. The van der Waals surface area contributed by atoms with Crippen molar-refractivity contribution in [2.75, 3.05) is 31.6 Å². The highest BCUT2D eigenvalue weighted by Gasteiger charge is 2.38. The summed E-state index contributed by atoms with van der Waals surface area (Å²) in [6, 6.07) is 11.6. The highest BCUT2D eigenvalue weighted by atomic mass is 32.2. The summed E-state index contributed by atoms with van der Waals surface area (Å²) in [5.74, 6) is -3.16. The molecule has 0 spiro atoms. The number of sulfonamides is 1. The summed E-state index contributed by atoms with van der Waals surface area (Å²) in [6.07, 6.45) is -0.0534. The van der Waals surface area contributed by atoms with E-state index in [0.717, 1.165) is 22.2 Å². The van der Waals surface area contributed by atoms with E-state index in [1.807, 2.05) is 0 Å². The number of piperidine rings is 1. The monoisotopic (exact) mass is 720 g/mol. The largest absolute Gasteiger partial charge is 0.497 e. The van der Waals surface area contributed by atoms with Crippen molar-refractivity contribution in [3.05, 3.63) is 89.5 Å². The number of likely N-dealkylation sites (tertiary alicyclic amines) is 1.